The first-order valence-corrected chi connectivity index (χ1v) is 9.22. The Hall–Kier alpha value is -3.88. The average Bonchev–Trinajstić information content (AvgIpc) is 3.18. The number of ether oxygens (including phenoxy) is 2. The summed E-state index contributed by atoms with van der Waals surface area (Å²) in [7, 11) is 3.09. The van der Waals surface area contributed by atoms with Gasteiger partial charge in [0.05, 0.1) is 30.5 Å². The summed E-state index contributed by atoms with van der Waals surface area (Å²) in [5.74, 6) is 0.795. The van der Waals surface area contributed by atoms with Gasteiger partial charge in [0, 0.05) is 29.8 Å². The van der Waals surface area contributed by atoms with Gasteiger partial charge in [0.15, 0.2) is 0 Å². The predicted molar refractivity (Wildman–Crippen MR) is 111 cm³/mol. The molecular weight excluding hydrogens is 388 g/mol. The van der Waals surface area contributed by atoms with Crippen molar-refractivity contribution in [3.63, 3.8) is 0 Å². The average molecular weight is 410 g/mol. The Morgan fingerprint density at radius 1 is 1.13 bits per heavy atom. The molecular formula is C21H22N4O5. The number of carbonyl (C=O) groups excluding carboxylic acids is 1. The van der Waals surface area contributed by atoms with E-state index in [1.54, 1.807) is 43.5 Å². The fourth-order valence-electron chi connectivity index (χ4n) is 2.96. The van der Waals surface area contributed by atoms with Crippen LogP contribution < -0.4 is 14.8 Å². The summed E-state index contributed by atoms with van der Waals surface area (Å²) < 4.78 is 12.1. The molecule has 9 nitrogen and oxygen atoms in total. The van der Waals surface area contributed by atoms with E-state index in [-0.39, 0.29) is 23.3 Å². The number of nitro benzene ring substituents is 1. The third-order valence-corrected chi connectivity index (χ3v) is 4.33. The second-order valence-electron chi connectivity index (χ2n) is 6.80. The third-order valence-electron chi connectivity index (χ3n) is 4.33. The summed E-state index contributed by atoms with van der Waals surface area (Å²) in [6, 6.07) is 12.7. The maximum Gasteiger partial charge on any atom is 0.271 e. The molecule has 0 aliphatic heterocycles. The number of rotatable bonds is 7. The van der Waals surface area contributed by atoms with E-state index < -0.39 is 4.92 Å². The minimum atomic E-state index is -0.492. The topological polar surface area (TPSA) is 109 Å². The van der Waals surface area contributed by atoms with Crippen LogP contribution in [-0.4, -0.2) is 40.9 Å². The molecule has 3 aromatic rings. The van der Waals surface area contributed by atoms with E-state index in [4.69, 9.17) is 9.47 Å². The van der Waals surface area contributed by atoms with Crippen LogP contribution in [0, 0.1) is 10.1 Å². The fraction of sp³-hybridized carbons (Fsp3) is 0.238. The van der Waals surface area contributed by atoms with E-state index in [1.807, 2.05) is 13.8 Å². The predicted octanol–water partition coefficient (Wildman–Crippen LogP) is 3.60. The van der Waals surface area contributed by atoms with Crippen LogP contribution >= 0.6 is 0 Å². The van der Waals surface area contributed by atoms with Crippen molar-refractivity contribution in [3.05, 3.63) is 64.3 Å². The second kappa shape index (κ2) is 8.64. The number of benzene rings is 2. The van der Waals surface area contributed by atoms with Gasteiger partial charge in [0.2, 0.25) is 0 Å². The summed E-state index contributed by atoms with van der Waals surface area (Å²) in [4.78, 5) is 23.5. The second-order valence-corrected chi connectivity index (χ2v) is 6.80. The Bertz CT molecular complexity index is 1090. The monoisotopic (exact) mass is 410 g/mol. The molecule has 1 aromatic heterocycles. The Kier molecular flexibility index (Phi) is 6.01. The molecule has 0 aliphatic carbocycles. The number of non-ortho nitro benzene ring substituents is 1. The molecule has 1 amide bonds. The number of carbonyl (C=O) groups is 1. The van der Waals surface area contributed by atoms with Gasteiger partial charge in [0.1, 0.15) is 17.2 Å². The highest BCUT2D eigenvalue weighted by Crippen LogP contribution is 2.33. The molecule has 9 heteroatoms. The smallest absolute Gasteiger partial charge is 0.271 e. The van der Waals surface area contributed by atoms with E-state index >= 15 is 0 Å². The summed E-state index contributed by atoms with van der Waals surface area (Å²) in [6.07, 6.45) is 0. The maximum absolute atomic E-state index is 12.8. The van der Waals surface area contributed by atoms with E-state index in [0.29, 0.717) is 28.4 Å². The van der Waals surface area contributed by atoms with Crippen molar-refractivity contribution in [3.8, 4) is 28.4 Å². The summed E-state index contributed by atoms with van der Waals surface area (Å²) in [5, 5.41) is 18.6. The maximum atomic E-state index is 12.8. The van der Waals surface area contributed by atoms with Crippen LogP contribution in [0.2, 0.25) is 0 Å². The van der Waals surface area contributed by atoms with Crippen LogP contribution in [0.15, 0.2) is 48.5 Å². The van der Waals surface area contributed by atoms with E-state index in [2.05, 4.69) is 10.4 Å². The number of hydrogen-bond donors (Lipinski definition) is 1. The first-order valence-electron chi connectivity index (χ1n) is 9.22. The van der Waals surface area contributed by atoms with Crippen molar-refractivity contribution in [1.29, 1.82) is 0 Å². The molecule has 0 fully saturated rings. The van der Waals surface area contributed by atoms with E-state index in [9.17, 15) is 14.9 Å². The van der Waals surface area contributed by atoms with Crippen LogP contribution in [0.5, 0.6) is 11.5 Å². The number of methoxy groups -OCH3 is 2. The highest BCUT2D eigenvalue weighted by atomic mass is 16.6. The lowest BCUT2D eigenvalue weighted by atomic mass is 10.1. The van der Waals surface area contributed by atoms with Gasteiger partial charge in [-0.15, -0.1) is 0 Å². The highest BCUT2D eigenvalue weighted by Gasteiger charge is 2.21. The van der Waals surface area contributed by atoms with E-state index in [0.717, 1.165) is 0 Å². The molecule has 0 saturated heterocycles. The molecule has 3 rings (SSSR count). The van der Waals surface area contributed by atoms with Crippen molar-refractivity contribution >= 4 is 11.6 Å². The molecule has 30 heavy (non-hydrogen) atoms. The SMILES string of the molecule is COc1ccc(-c2cc(C(=O)NC(C)C)n(-c3cccc([N+](=O)[O-])c3)n2)c(OC)c1. The lowest BCUT2D eigenvalue weighted by molar-refractivity contribution is -0.384. The molecule has 0 unspecified atom stereocenters. The quantitative estimate of drug-likeness (QED) is 0.471. The number of aromatic nitrogens is 2. The highest BCUT2D eigenvalue weighted by molar-refractivity contribution is 5.94. The molecule has 156 valence electrons. The standard InChI is InChI=1S/C21H22N4O5/c1-13(2)22-21(26)19-12-18(17-9-8-16(29-3)11-20(17)30-4)23-24(19)14-6-5-7-15(10-14)25(27)28/h5-13H,1-4H3,(H,22,26). The number of hydrogen-bond acceptors (Lipinski definition) is 6. The summed E-state index contributed by atoms with van der Waals surface area (Å²) in [5.41, 5.74) is 1.69. The van der Waals surface area contributed by atoms with Crippen LogP contribution in [-0.2, 0) is 0 Å². The largest absolute Gasteiger partial charge is 0.497 e. The van der Waals surface area contributed by atoms with Crippen molar-refractivity contribution in [1.82, 2.24) is 15.1 Å². The van der Waals surface area contributed by atoms with Gasteiger partial charge >= 0.3 is 0 Å². The summed E-state index contributed by atoms with van der Waals surface area (Å²) in [6.45, 7) is 3.69. The number of amides is 1. The van der Waals surface area contributed by atoms with Crippen LogP contribution in [0.1, 0.15) is 24.3 Å². The van der Waals surface area contributed by atoms with Gasteiger partial charge in [-0.2, -0.15) is 5.10 Å². The van der Waals surface area contributed by atoms with Crippen LogP contribution in [0.25, 0.3) is 16.9 Å². The molecule has 0 radical (unpaired) electrons. The van der Waals surface area contributed by atoms with Gasteiger partial charge in [-0.3, -0.25) is 14.9 Å². The van der Waals surface area contributed by atoms with Gasteiger partial charge in [-0.05, 0) is 38.1 Å². The molecule has 0 aliphatic rings. The lowest BCUT2D eigenvalue weighted by Gasteiger charge is -2.10. The van der Waals surface area contributed by atoms with Gasteiger partial charge in [0.25, 0.3) is 11.6 Å². The van der Waals surface area contributed by atoms with Crippen molar-refractivity contribution in [2.24, 2.45) is 0 Å². The summed E-state index contributed by atoms with van der Waals surface area (Å²) >= 11 is 0. The zero-order chi connectivity index (χ0) is 21.8. The Labute approximate surface area is 173 Å². The van der Waals surface area contributed by atoms with Gasteiger partial charge < -0.3 is 14.8 Å². The van der Waals surface area contributed by atoms with Crippen molar-refractivity contribution < 1.29 is 19.2 Å². The lowest BCUT2D eigenvalue weighted by Crippen LogP contribution is -2.31. The molecule has 0 atom stereocenters. The first-order chi connectivity index (χ1) is 14.3. The van der Waals surface area contributed by atoms with Crippen molar-refractivity contribution in [2.45, 2.75) is 19.9 Å². The fourth-order valence-corrected chi connectivity index (χ4v) is 2.96. The number of nitrogens with zero attached hydrogens (tertiary/aromatic N) is 3. The van der Waals surface area contributed by atoms with E-state index in [1.165, 1.54) is 23.9 Å². The zero-order valence-corrected chi connectivity index (χ0v) is 17.1. The third kappa shape index (κ3) is 4.24. The van der Waals surface area contributed by atoms with Crippen LogP contribution in [0.4, 0.5) is 5.69 Å². The molecule has 1 N–H and O–H groups in total. The molecule has 0 saturated carbocycles. The molecule has 0 bridgehead atoms. The van der Waals surface area contributed by atoms with Crippen LogP contribution in [0.3, 0.4) is 0 Å². The molecule has 2 aromatic carbocycles. The normalized spacial score (nSPS) is 10.7. The van der Waals surface area contributed by atoms with Gasteiger partial charge in [-0.25, -0.2) is 4.68 Å². The minimum Gasteiger partial charge on any atom is -0.497 e. The Balaban J connectivity index is 2.17. The molecule has 0 spiro atoms. The van der Waals surface area contributed by atoms with Gasteiger partial charge in [-0.1, -0.05) is 6.07 Å². The first kappa shape index (κ1) is 20.8. The Morgan fingerprint density at radius 3 is 2.53 bits per heavy atom. The minimum absolute atomic E-state index is 0.0927. The number of nitrogens with one attached hydrogen (secondary N) is 1. The Morgan fingerprint density at radius 2 is 1.90 bits per heavy atom. The number of nitro groups is 1. The van der Waals surface area contributed by atoms with Crippen molar-refractivity contribution in [2.75, 3.05) is 14.2 Å². The zero-order valence-electron chi connectivity index (χ0n) is 17.1. The molecule has 1 heterocycles.